The van der Waals surface area contributed by atoms with Crippen LogP contribution in [-0.4, -0.2) is 50.4 Å². The zero-order valence-electron chi connectivity index (χ0n) is 10.1. The van der Waals surface area contributed by atoms with E-state index in [-0.39, 0.29) is 11.3 Å². The number of nitrogens with one attached hydrogen (secondary N) is 2. The Morgan fingerprint density at radius 1 is 1.29 bits per heavy atom. The highest BCUT2D eigenvalue weighted by molar-refractivity contribution is 7.78. The van der Waals surface area contributed by atoms with Gasteiger partial charge in [0, 0.05) is 6.20 Å². The molecule has 0 unspecified atom stereocenters. The average molecular weight is 309 g/mol. The van der Waals surface area contributed by atoms with Gasteiger partial charge in [0.2, 0.25) is 6.04 Å². The van der Waals surface area contributed by atoms with E-state index in [2.05, 4.69) is 22.8 Å². The Morgan fingerprint density at radius 2 is 1.90 bits per heavy atom. The molecule has 11 heteroatoms. The molecule has 1 aromatic rings. The summed E-state index contributed by atoms with van der Waals surface area (Å²) in [4.78, 5) is 64.3. The van der Waals surface area contributed by atoms with Gasteiger partial charge in [-0.05, 0) is 0 Å². The molecule has 2 N–H and O–H groups in total. The molecule has 10 nitrogen and oxygen atoms in total. The molecule has 2 heterocycles. The second kappa shape index (κ2) is 5.66. The van der Waals surface area contributed by atoms with Crippen LogP contribution in [-0.2, 0) is 9.59 Å². The maximum atomic E-state index is 12.2. The van der Waals surface area contributed by atoms with Crippen molar-refractivity contribution in [2.45, 2.75) is 6.04 Å². The first kappa shape index (κ1) is 14.6. The minimum atomic E-state index is -1.67. The Morgan fingerprint density at radius 3 is 2.48 bits per heavy atom. The van der Waals surface area contributed by atoms with Crippen molar-refractivity contribution in [3.63, 3.8) is 0 Å². The SMILES string of the molecule is O=Cc1cncnc1C(=O)N(S)C1C(=O)NC(=O)NC1=O. The molecule has 108 valence electrons. The third-order valence-electron chi connectivity index (χ3n) is 2.49. The normalized spacial score (nSPS) is 15.2. The minimum absolute atomic E-state index is 0.130. The van der Waals surface area contributed by atoms with Gasteiger partial charge in [0.1, 0.15) is 12.0 Å². The van der Waals surface area contributed by atoms with Crippen molar-refractivity contribution in [1.82, 2.24) is 24.9 Å². The molecule has 1 saturated heterocycles. The van der Waals surface area contributed by atoms with E-state index in [1.165, 1.54) is 0 Å². The molecular formula is C10H7N5O5S. The maximum absolute atomic E-state index is 12.2. The smallest absolute Gasteiger partial charge is 0.298 e. The fourth-order valence-electron chi connectivity index (χ4n) is 1.56. The summed E-state index contributed by atoms with van der Waals surface area (Å²) in [5, 5.41) is 3.64. The monoisotopic (exact) mass is 309 g/mol. The van der Waals surface area contributed by atoms with Gasteiger partial charge in [-0.2, -0.15) is 0 Å². The van der Waals surface area contributed by atoms with E-state index in [9.17, 15) is 24.0 Å². The van der Waals surface area contributed by atoms with Gasteiger partial charge in [-0.3, -0.25) is 34.1 Å². The highest BCUT2D eigenvalue weighted by atomic mass is 32.1. The predicted octanol–water partition coefficient (Wildman–Crippen LogP) is -1.69. The summed E-state index contributed by atoms with van der Waals surface area (Å²) in [5.74, 6) is -3.00. The Bertz CT molecular complexity index is 643. The molecule has 1 aliphatic heterocycles. The Kier molecular flexibility index (Phi) is 3.93. The topological polar surface area (TPSA) is 138 Å². The number of aldehydes is 1. The van der Waals surface area contributed by atoms with Crippen LogP contribution in [0.15, 0.2) is 12.5 Å². The summed E-state index contributed by atoms with van der Waals surface area (Å²) in [6.45, 7) is 0. The number of carbonyl (C=O) groups is 5. The molecule has 0 bridgehead atoms. The molecule has 0 aliphatic carbocycles. The molecule has 1 aromatic heterocycles. The fraction of sp³-hybridized carbons (Fsp3) is 0.100. The average Bonchev–Trinajstić information content (AvgIpc) is 2.45. The quantitative estimate of drug-likeness (QED) is 0.344. The third kappa shape index (κ3) is 2.72. The van der Waals surface area contributed by atoms with Crippen LogP contribution in [0.5, 0.6) is 0 Å². The fourth-order valence-corrected chi connectivity index (χ4v) is 1.87. The van der Waals surface area contributed by atoms with E-state index in [0.29, 0.717) is 10.6 Å². The molecule has 1 fully saturated rings. The Hall–Kier alpha value is -2.82. The summed E-state index contributed by atoms with van der Waals surface area (Å²) < 4.78 is 0.479. The molecule has 2 rings (SSSR count). The van der Waals surface area contributed by atoms with Crippen LogP contribution < -0.4 is 10.6 Å². The van der Waals surface area contributed by atoms with E-state index in [4.69, 9.17) is 0 Å². The summed E-state index contributed by atoms with van der Waals surface area (Å²) in [6, 6.07) is -2.67. The number of carbonyl (C=O) groups excluding carboxylic acids is 5. The first-order chi connectivity index (χ1) is 9.95. The van der Waals surface area contributed by atoms with E-state index in [1.54, 1.807) is 0 Å². The van der Waals surface area contributed by atoms with Crippen LogP contribution in [0, 0.1) is 0 Å². The highest BCUT2D eigenvalue weighted by Gasteiger charge is 2.41. The standard InChI is InChI=1S/C10H7N5O5S/c16-2-4-1-11-3-12-5(4)9(19)15(21)6-7(17)13-10(20)14-8(6)18/h1-3,6,21H,(H2,13,14,17,18,20). The molecular weight excluding hydrogens is 302 g/mol. The molecule has 1 aliphatic rings. The van der Waals surface area contributed by atoms with E-state index in [0.717, 1.165) is 12.5 Å². The van der Waals surface area contributed by atoms with Gasteiger partial charge in [-0.15, -0.1) is 0 Å². The second-order valence-corrected chi connectivity index (χ2v) is 4.24. The number of imide groups is 2. The second-order valence-electron chi connectivity index (χ2n) is 3.80. The van der Waals surface area contributed by atoms with E-state index < -0.39 is 29.8 Å². The first-order valence-corrected chi connectivity index (χ1v) is 5.79. The lowest BCUT2D eigenvalue weighted by atomic mass is 10.2. The lowest BCUT2D eigenvalue weighted by Crippen LogP contribution is -2.63. The largest absolute Gasteiger partial charge is 0.328 e. The van der Waals surface area contributed by atoms with Crippen LogP contribution in [0.1, 0.15) is 20.8 Å². The summed E-state index contributed by atoms with van der Waals surface area (Å²) in [5.41, 5.74) is -0.457. The number of hydrogen-bond acceptors (Lipinski definition) is 8. The molecule has 0 radical (unpaired) electrons. The highest BCUT2D eigenvalue weighted by Crippen LogP contribution is 2.13. The number of rotatable bonds is 3. The molecule has 0 saturated carbocycles. The van der Waals surface area contributed by atoms with Gasteiger partial charge < -0.3 is 0 Å². The Labute approximate surface area is 122 Å². The van der Waals surface area contributed by atoms with Crippen molar-refractivity contribution in [2.24, 2.45) is 0 Å². The van der Waals surface area contributed by atoms with Crippen LogP contribution >= 0.6 is 12.8 Å². The van der Waals surface area contributed by atoms with Crippen LogP contribution in [0.4, 0.5) is 4.79 Å². The van der Waals surface area contributed by atoms with Crippen LogP contribution in [0.3, 0.4) is 0 Å². The number of thiol groups is 1. The van der Waals surface area contributed by atoms with Crippen molar-refractivity contribution in [2.75, 3.05) is 0 Å². The van der Waals surface area contributed by atoms with Gasteiger partial charge in [0.15, 0.2) is 6.29 Å². The van der Waals surface area contributed by atoms with Crippen molar-refractivity contribution in [3.05, 3.63) is 23.8 Å². The molecule has 21 heavy (non-hydrogen) atoms. The maximum Gasteiger partial charge on any atom is 0.328 e. The van der Waals surface area contributed by atoms with Gasteiger partial charge in [-0.1, -0.05) is 12.8 Å². The summed E-state index contributed by atoms with van der Waals surface area (Å²) in [7, 11) is 0. The van der Waals surface area contributed by atoms with Crippen LogP contribution in [0.25, 0.3) is 0 Å². The number of aromatic nitrogens is 2. The predicted molar refractivity (Wildman–Crippen MR) is 68.0 cm³/mol. The van der Waals surface area contributed by atoms with Gasteiger partial charge in [0.05, 0.1) is 5.56 Å². The number of barbiturate groups is 1. The summed E-state index contributed by atoms with van der Waals surface area (Å²) >= 11 is 3.79. The number of hydrogen-bond donors (Lipinski definition) is 3. The van der Waals surface area contributed by atoms with Gasteiger partial charge in [-0.25, -0.2) is 14.8 Å². The zero-order chi connectivity index (χ0) is 15.6. The lowest BCUT2D eigenvalue weighted by Gasteiger charge is -2.27. The Balaban J connectivity index is 2.31. The van der Waals surface area contributed by atoms with Crippen molar-refractivity contribution >= 4 is 42.9 Å². The number of nitrogens with zero attached hydrogens (tertiary/aromatic N) is 3. The first-order valence-electron chi connectivity index (χ1n) is 5.39. The van der Waals surface area contributed by atoms with E-state index in [1.807, 2.05) is 10.6 Å². The van der Waals surface area contributed by atoms with Gasteiger partial charge >= 0.3 is 6.03 Å². The van der Waals surface area contributed by atoms with E-state index >= 15 is 0 Å². The zero-order valence-corrected chi connectivity index (χ0v) is 11.0. The summed E-state index contributed by atoms with van der Waals surface area (Å²) in [6.07, 6.45) is 2.46. The lowest BCUT2D eigenvalue weighted by molar-refractivity contribution is -0.134. The molecule has 0 spiro atoms. The van der Waals surface area contributed by atoms with Gasteiger partial charge in [0.25, 0.3) is 17.7 Å². The molecule has 0 aromatic carbocycles. The number of amides is 5. The van der Waals surface area contributed by atoms with Crippen molar-refractivity contribution in [1.29, 1.82) is 0 Å². The molecule has 0 atom stereocenters. The third-order valence-corrected chi connectivity index (χ3v) is 2.91. The van der Waals surface area contributed by atoms with Crippen molar-refractivity contribution < 1.29 is 24.0 Å². The molecule has 5 amide bonds. The minimum Gasteiger partial charge on any atom is -0.298 e. The van der Waals surface area contributed by atoms with Crippen molar-refractivity contribution in [3.8, 4) is 0 Å². The van der Waals surface area contributed by atoms with Crippen LogP contribution in [0.2, 0.25) is 0 Å². The number of urea groups is 1.